The SMILES string of the molecule is CCN(C(=O)Nc1cc(C(F)(F)F)c[nH]c1=O)[C@H](C)C(C)C. The summed E-state index contributed by atoms with van der Waals surface area (Å²) in [7, 11) is 0. The highest BCUT2D eigenvalue weighted by atomic mass is 19.4. The summed E-state index contributed by atoms with van der Waals surface area (Å²) >= 11 is 0. The summed E-state index contributed by atoms with van der Waals surface area (Å²) in [5.41, 5.74) is -2.23. The number of pyridine rings is 1. The highest BCUT2D eigenvalue weighted by molar-refractivity contribution is 5.89. The third-order valence-electron chi connectivity index (χ3n) is 3.53. The zero-order valence-electron chi connectivity index (χ0n) is 12.9. The number of rotatable bonds is 4. The molecule has 1 atom stereocenters. The van der Waals surface area contributed by atoms with Crippen LogP contribution in [-0.2, 0) is 6.18 Å². The van der Waals surface area contributed by atoms with Crippen LogP contribution in [0.3, 0.4) is 0 Å². The van der Waals surface area contributed by atoms with Gasteiger partial charge in [0.1, 0.15) is 5.69 Å². The molecule has 0 aliphatic heterocycles. The standard InChI is InChI=1S/C14H20F3N3O2/c1-5-20(9(4)8(2)3)13(22)19-11-6-10(14(15,16)17)7-18-12(11)21/h6-9H,5H2,1-4H3,(H,18,21)(H,19,22)/t9-/m1/s1. The molecule has 2 amide bonds. The number of nitrogens with one attached hydrogen (secondary N) is 2. The van der Waals surface area contributed by atoms with Crippen molar-refractivity contribution in [3.8, 4) is 0 Å². The van der Waals surface area contributed by atoms with Crippen LogP contribution in [0.1, 0.15) is 33.3 Å². The van der Waals surface area contributed by atoms with E-state index < -0.39 is 29.0 Å². The van der Waals surface area contributed by atoms with Crippen LogP contribution >= 0.6 is 0 Å². The number of hydrogen-bond donors (Lipinski definition) is 2. The van der Waals surface area contributed by atoms with Crippen LogP contribution in [0.4, 0.5) is 23.7 Å². The molecule has 0 bridgehead atoms. The minimum atomic E-state index is -4.60. The van der Waals surface area contributed by atoms with E-state index >= 15 is 0 Å². The molecule has 5 nitrogen and oxygen atoms in total. The van der Waals surface area contributed by atoms with E-state index in [-0.39, 0.29) is 12.0 Å². The number of carbonyl (C=O) groups excluding carboxylic acids is 1. The largest absolute Gasteiger partial charge is 0.417 e. The molecule has 1 rings (SSSR count). The fraction of sp³-hybridized carbons (Fsp3) is 0.571. The minimum absolute atomic E-state index is 0.116. The van der Waals surface area contributed by atoms with Crippen molar-refractivity contribution in [3.63, 3.8) is 0 Å². The smallest absolute Gasteiger partial charge is 0.327 e. The average Bonchev–Trinajstić information content (AvgIpc) is 2.40. The van der Waals surface area contributed by atoms with Gasteiger partial charge in [0.05, 0.1) is 5.56 Å². The second-order valence-electron chi connectivity index (χ2n) is 5.33. The lowest BCUT2D eigenvalue weighted by Crippen LogP contribution is -2.44. The Morgan fingerprint density at radius 3 is 2.41 bits per heavy atom. The molecule has 0 saturated carbocycles. The quantitative estimate of drug-likeness (QED) is 0.894. The van der Waals surface area contributed by atoms with Crippen LogP contribution in [0, 0.1) is 5.92 Å². The Hall–Kier alpha value is -1.99. The van der Waals surface area contributed by atoms with Gasteiger partial charge in [0, 0.05) is 18.8 Å². The van der Waals surface area contributed by atoms with E-state index in [1.54, 1.807) is 6.92 Å². The number of aromatic nitrogens is 1. The van der Waals surface area contributed by atoms with Crippen molar-refractivity contribution in [2.45, 2.75) is 39.9 Å². The predicted molar refractivity (Wildman–Crippen MR) is 77.8 cm³/mol. The summed E-state index contributed by atoms with van der Waals surface area (Å²) in [6, 6.07) is -0.0895. The molecule has 0 aliphatic rings. The van der Waals surface area contributed by atoms with Gasteiger partial charge < -0.3 is 15.2 Å². The van der Waals surface area contributed by atoms with Crippen LogP contribution in [-0.4, -0.2) is 28.5 Å². The summed E-state index contributed by atoms with van der Waals surface area (Å²) in [6.07, 6.45) is -4.02. The van der Waals surface area contributed by atoms with Crippen molar-refractivity contribution in [1.82, 2.24) is 9.88 Å². The third-order valence-corrected chi connectivity index (χ3v) is 3.53. The van der Waals surface area contributed by atoms with E-state index in [9.17, 15) is 22.8 Å². The first-order valence-electron chi connectivity index (χ1n) is 6.95. The number of H-pyrrole nitrogens is 1. The molecular weight excluding hydrogens is 299 g/mol. The first-order chi connectivity index (χ1) is 10.1. The summed E-state index contributed by atoms with van der Waals surface area (Å²) in [5.74, 6) is 0.172. The normalized spacial score (nSPS) is 13.1. The predicted octanol–water partition coefficient (Wildman–Crippen LogP) is 3.29. The summed E-state index contributed by atoms with van der Waals surface area (Å²) in [6.45, 7) is 7.83. The minimum Gasteiger partial charge on any atom is -0.327 e. The summed E-state index contributed by atoms with van der Waals surface area (Å²) in [4.78, 5) is 27.2. The van der Waals surface area contributed by atoms with Gasteiger partial charge in [-0.1, -0.05) is 13.8 Å². The first kappa shape index (κ1) is 18.1. The molecule has 1 aromatic rings. The number of hydrogen-bond acceptors (Lipinski definition) is 2. The number of carbonyl (C=O) groups is 1. The Kier molecular flexibility index (Phi) is 5.62. The second kappa shape index (κ2) is 6.85. The third kappa shape index (κ3) is 4.25. The number of alkyl halides is 3. The molecule has 0 fully saturated rings. The number of aromatic amines is 1. The molecule has 2 N–H and O–H groups in total. The van der Waals surface area contributed by atoms with Gasteiger partial charge in [0.15, 0.2) is 0 Å². The topological polar surface area (TPSA) is 65.2 Å². The molecule has 1 heterocycles. The van der Waals surface area contributed by atoms with Crippen LogP contribution in [0.5, 0.6) is 0 Å². The number of amides is 2. The Morgan fingerprint density at radius 2 is 1.95 bits per heavy atom. The Morgan fingerprint density at radius 1 is 1.36 bits per heavy atom. The van der Waals surface area contributed by atoms with Gasteiger partial charge in [-0.3, -0.25) is 4.79 Å². The van der Waals surface area contributed by atoms with Gasteiger partial charge in [0.2, 0.25) is 0 Å². The lowest BCUT2D eigenvalue weighted by atomic mass is 10.1. The molecular formula is C14H20F3N3O2. The zero-order valence-corrected chi connectivity index (χ0v) is 12.9. The van der Waals surface area contributed by atoms with Gasteiger partial charge in [-0.05, 0) is 25.8 Å². The second-order valence-corrected chi connectivity index (χ2v) is 5.33. The molecule has 0 saturated heterocycles. The number of urea groups is 1. The van der Waals surface area contributed by atoms with Crippen LogP contribution in [0.25, 0.3) is 0 Å². The maximum atomic E-state index is 12.7. The lowest BCUT2D eigenvalue weighted by Gasteiger charge is -2.30. The van der Waals surface area contributed by atoms with E-state index in [1.165, 1.54) is 4.90 Å². The number of anilines is 1. The van der Waals surface area contributed by atoms with Crippen molar-refractivity contribution in [2.75, 3.05) is 11.9 Å². The van der Waals surface area contributed by atoms with Gasteiger partial charge >= 0.3 is 12.2 Å². The maximum Gasteiger partial charge on any atom is 0.417 e. The van der Waals surface area contributed by atoms with Crippen LogP contribution in [0.2, 0.25) is 0 Å². The van der Waals surface area contributed by atoms with Crippen molar-refractivity contribution >= 4 is 11.7 Å². The van der Waals surface area contributed by atoms with E-state index in [2.05, 4.69) is 5.32 Å². The summed E-state index contributed by atoms with van der Waals surface area (Å²) < 4.78 is 38.0. The van der Waals surface area contributed by atoms with Crippen molar-refractivity contribution in [1.29, 1.82) is 0 Å². The Bertz CT molecular complexity index is 581. The number of nitrogens with zero attached hydrogens (tertiary/aromatic N) is 1. The molecule has 8 heteroatoms. The van der Waals surface area contributed by atoms with Crippen molar-refractivity contribution < 1.29 is 18.0 Å². The Labute approximate surface area is 126 Å². The maximum absolute atomic E-state index is 12.7. The van der Waals surface area contributed by atoms with E-state index in [0.29, 0.717) is 18.8 Å². The van der Waals surface area contributed by atoms with Gasteiger partial charge in [-0.25, -0.2) is 4.79 Å². The molecule has 0 spiro atoms. The molecule has 1 aromatic heterocycles. The van der Waals surface area contributed by atoms with Crippen LogP contribution in [0.15, 0.2) is 17.1 Å². The van der Waals surface area contributed by atoms with Crippen molar-refractivity contribution in [2.24, 2.45) is 5.92 Å². The van der Waals surface area contributed by atoms with Gasteiger partial charge in [-0.2, -0.15) is 13.2 Å². The zero-order chi connectivity index (χ0) is 17.1. The number of halogens is 3. The van der Waals surface area contributed by atoms with E-state index in [0.717, 1.165) is 0 Å². The summed E-state index contributed by atoms with van der Waals surface area (Å²) in [5, 5.41) is 2.25. The highest BCUT2D eigenvalue weighted by Crippen LogP contribution is 2.29. The molecule has 0 aromatic carbocycles. The molecule has 0 unspecified atom stereocenters. The first-order valence-corrected chi connectivity index (χ1v) is 6.95. The van der Waals surface area contributed by atoms with Crippen molar-refractivity contribution in [3.05, 3.63) is 28.2 Å². The lowest BCUT2D eigenvalue weighted by molar-refractivity contribution is -0.137. The average molecular weight is 319 g/mol. The van der Waals surface area contributed by atoms with Gasteiger partial charge in [-0.15, -0.1) is 0 Å². The molecule has 0 aliphatic carbocycles. The van der Waals surface area contributed by atoms with E-state index in [4.69, 9.17) is 0 Å². The monoisotopic (exact) mass is 319 g/mol. The highest BCUT2D eigenvalue weighted by Gasteiger charge is 2.32. The van der Waals surface area contributed by atoms with Gasteiger partial charge in [0.25, 0.3) is 5.56 Å². The Balaban J connectivity index is 3.03. The fourth-order valence-electron chi connectivity index (χ4n) is 1.90. The fourth-order valence-corrected chi connectivity index (χ4v) is 1.90. The molecule has 124 valence electrons. The molecule has 0 radical (unpaired) electrons. The molecule has 22 heavy (non-hydrogen) atoms. The van der Waals surface area contributed by atoms with Crippen LogP contribution < -0.4 is 10.9 Å². The van der Waals surface area contributed by atoms with E-state index in [1.807, 2.05) is 25.8 Å².